The van der Waals surface area contributed by atoms with Gasteiger partial charge in [0.25, 0.3) is 0 Å². The lowest BCUT2D eigenvalue weighted by atomic mass is 10.1. The molecule has 25 heavy (non-hydrogen) atoms. The molecule has 0 radical (unpaired) electrons. The van der Waals surface area contributed by atoms with Gasteiger partial charge in [0.15, 0.2) is 0 Å². The van der Waals surface area contributed by atoms with Gasteiger partial charge in [0, 0.05) is 34.4 Å². The van der Waals surface area contributed by atoms with Crippen LogP contribution in [0.2, 0.25) is 0 Å². The summed E-state index contributed by atoms with van der Waals surface area (Å²) in [4.78, 5) is 23.0. The molecule has 3 heterocycles. The normalized spacial score (nSPS) is 11.6. The monoisotopic (exact) mass is 335 g/mol. The maximum absolute atomic E-state index is 11.2. The number of nitrogens with two attached hydrogens (primary N) is 1. The molecule has 3 aromatic heterocycles. The largest absolute Gasteiger partial charge is 0.478 e. The van der Waals surface area contributed by atoms with Crippen molar-refractivity contribution in [1.82, 2.24) is 19.5 Å². The first-order valence-corrected chi connectivity index (χ1v) is 7.93. The molecule has 0 aliphatic heterocycles. The number of hydrogen-bond acceptors (Lipinski definition) is 4. The molecule has 0 spiro atoms. The van der Waals surface area contributed by atoms with Crippen LogP contribution in [0.4, 0.5) is 5.82 Å². The minimum Gasteiger partial charge on any atom is -0.478 e. The van der Waals surface area contributed by atoms with Gasteiger partial charge in [-0.2, -0.15) is 0 Å². The molecule has 4 rings (SSSR count). The Morgan fingerprint density at radius 1 is 1.28 bits per heavy atom. The van der Waals surface area contributed by atoms with Crippen molar-refractivity contribution in [3.05, 3.63) is 42.4 Å². The van der Waals surface area contributed by atoms with Crippen molar-refractivity contribution in [3.8, 4) is 11.3 Å². The summed E-state index contributed by atoms with van der Waals surface area (Å²) in [6, 6.07) is 7.14. The number of H-pyrrole nitrogens is 1. The summed E-state index contributed by atoms with van der Waals surface area (Å²) < 4.78 is 2.05. The van der Waals surface area contributed by atoms with E-state index < -0.39 is 5.97 Å². The first-order chi connectivity index (χ1) is 12.0. The number of fused-ring (bicyclic) bond motifs is 2. The lowest BCUT2D eigenvalue weighted by Gasteiger charge is -2.07. The second kappa shape index (κ2) is 5.34. The Bertz CT molecular complexity index is 1120. The fourth-order valence-electron chi connectivity index (χ4n) is 3.12. The van der Waals surface area contributed by atoms with Gasteiger partial charge in [-0.05, 0) is 38.1 Å². The van der Waals surface area contributed by atoms with Gasteiger partial charge in [-0.3, -0.25) is 0 Å². The summed E-state index contributed by atoms with van der Waals surface area (Å²) in [6.07, 6.45) is 3.47. The van der Waals surface area contributed by atoms with Crippen LogP contribution in [-0.4, -0.2) is 30.6 Å². The van der Waals surface area contributed by atoms with Crippen molar-refractivity contribution in [2.75, 3.05) is 5.73 Å². The van der Waals surface area contributed by atoms with E-state index in [9.17, 15) is 4.79 Å². The SMILES string of the molecule is CC(C)n1cc(-c2cc3cc(C(=O)O)ccc3[nH]2)c2c(N)ncnc21. The van der Waals surface area contributed by atoms with Gasteiger partial charge in [0.1, 0.15) is 17.8 Å². The summed E-state index contributed by atoms with van der Waals surface area (Å²) in [5.41, 5.74) is 9.76. The Hall–Kier alpha value is -3.35. The van der Waals surface area contributed by atoms with E-state index >= 15 is 0 Å². The number of carbonyl (C=O) groups is 1. The van der Waals surface area contributed by atoms with Gasteiger partial charge in [-0.15, -0.1) is 0 Å². The molecule has 0 fully saturated rings. The molecule has 0 unspecified atom stereocenters. The number of carboxylic acid groups (broad SMARTS) is 1. The van der Waals surface area contributed by atoms with E-state index in [1.165, 1.54) is 6.33 Å². The van der Waals surface area contributed by atoms with Crippen LogP contribution in [0.1, 0.15) is 30.2 Å². The zero-order chi connectivity index (χ0) is 17.7. The molecule has 0 atom stereocenters. The zero-order valence-electron chi connectivity index (χ0n) is 13.8. The highest BCUT2D eigenvalue weighted by atomic mass is 16.4. The van der Waals surface area contributed by atoms with E-state index in [2.05, 4.69) is 33.4 Å². The van der Waals surface area contributed by atoms with Crippen LogP contribution < -0.4 is 5.73 Å². The van der Waals surface area contributed by atoms with Crippen molar-refractivity contribution < 1.29 is 9.90 Å². The number of nitrogens with one attached hydrogen (secondary N) is 1. The van der Waals surface area contributed by atoms with E-state index in [1.54, 1.807) is 18.2 Å². The van der Waals surface area contributed by atoms with Crippen LogP contribution >= 0.6 is 0 Å². The number of nitrogens with zero attached hydrogens (tertiary/aromatic N) is 3. The van der Waals surface area contributed by atoms with E-state index in [-0.39, 0.29) is 11.6 Å². The quantitative estimate of drug-likeness (QED) is 0.531. The number of anilines is 1. The Balaban J connectivity index is 1.98. The van der Waals surface area contributed by atoms with E-state index in [0.29, 0.717) is 5.82 Å². The first kappa shape index (κ1) is 15.2. The van der Waals surface area contributed by atoms with Gasteiger partial charge in [0.2, 0.25) is 0 Å². The Labute approximate surface area is 143 Å². The van der Waals surface area contributed by atoms with Crippen molar-refractivity contribution in [3.63, 3.8) is 0 Å². The third-order valence-corrected chi connectivity index (χ3v) is 4.35. The highest BCUT2D eigenvalue weighted by Crippen LogP contribution is 2.35. The summed E-state index contributed by atoms with van der Waals surface area (Å²) in [7, 11) is 0. The predicted molar refractivity (Wildman–Crippen MR) is 96.6 cm³/mol. The summed E-state index contributed by atoms with van der Waals surface area (Å²) in [5.74, 6) is -0.525. The summed E-state index contributed by atoms with van der Waals surface area (Å²) in [5, 5.41) is 10.8. The number of nitrogen functional groups attached to an aromatic ring is 1. The Kier molecular flexibility index (Phi) is 3.24. The molecule has 0 aliphatic rings. The molecule has 1 aromatic carbocycles. The number of benzene rings is 1. The molecule has 126 valence electrons. The summed E-state index contributed by atoms with van der Waals surface area (Å²) in [6.45, 7) is 4.15. The molecule has 0 aliphatic carbocycles. The number of aromatic carboxylic acids is 1. The topological polar surface area (TPSA) is 110 Å². The number of carboxylic acids is 1. The van der Waals surface area contributed by atoms with Gasteiger partial charge in [-0.1, -0.05) is 0 Å². The third kappa shape index (κ3) is 2.32. The molecule has 4 aromatic rings. The Morgan fingerprint density at radius 3 is 2.80 bits per heavy atom. The zero-order valence-corrected chi connectivity index (χ0v) is 13.8. The van der Waals surface area contributed by atoms with Crippen LogP contribution in [0.15, 0.2) is 36.8 Å². The van der Waals surface area contributed by atoms with Crippen molar-refractivity contribution in [2.45, 2.75) is 19.9 Å². The molecule has 7 heteroatoms. The minimum absolute atomic E-state index is 0.216. The summed E-state index contributed by atoms with van der Waals surface area (Å²) >= 11 is 0. The van der Waals surface area contributed by atoms with Crippen LogP contribution in [0, 0.1) is 0 Å². The highest BCUT2D eigenvalue weighted by Gasteiger charge is 2.18. The molecular formula is C18H17N5O2. The fraction of sp³-hybridized carbons (Fsp3) is 0.167. The van der Waals surface area contributed by atoms with Crippen LogP contribution in [-0.2, 0) is 0 Å². The second-order valence-electron chi connectivity index (χ2n) is 6.29. The number of rotatable bonds is 3. The average Bonchev–Trinajstić information content (AvgIpc) is 3.15. The van der Waals surface area contributed by atoms with Gasteiger partial charge in [-0.25, -0.2) is 14.8 Å². The molecule has 7 nitrogen and oxygen atoms in total. The second-order valence-corrected chi connectivity index (χ2v) is 6.29. The standard InChI is InChI=1S/C18H17N5O2/c1-9(2)23-7-12(15-16(19)20-8-21-17(15)23)14-6-11-5-10(18(24)25)3-4-13(11)22-14/h3-9,22H,1-2H3,(H,24,25)(H2,19,20,21). The fourth-order valence-corrected chi connectivity index (χ4v) is 3.12. The van der Waals surface area contributed by atoms with Crippen LogP contribution in [0.5, 0.6) is 0 Å². The highest BCUT2D eigenvalue weighted by molar-refractivity contribution is 6.02. The lowest BCUT2D eigenvalue weighted by molar-refractivity contribution is 0.0697. The number of hydrogen-bond donors (Lipinski definition) is 3. The van der Waals surface area contributed by atoms with E-state index in [1.807, 2.05) is 12.3 Å². The molecule has 4 N–H and O–H groups in total. The smallest absolute Gasteiger partial charge is 0.335 e. The first-order valence-electron chi connectivity index (χ1n) is 7.93. The predicted octanol–water partition coefficient (Wildman–Crippen LogP) is 3.44. The maximum atomic E-state index is 11.2. The van der Waals surface area contributed by atoms with Gasteiger partial charge in [0.05, 0.1) is 10.9 Å². The van der Waals surface area contributed by atoms with Crippen molar-refractivity contribution >= 4 is 33.7 Å². The van der Waals surface area contributed by atoms with Crippen molar-refractivity contribution in [1.29, 1.82) is 0 Å². The third-order valence-electron chi connectivity index (χ3n) is 4.35. The van der Waals surface area contributed by atoms with Crippen LogP contribution in [0.25, 0.3) is 33.2 Å². The number of aromatic amines is 1. The lowest BCUT2D eigenvalue weighted by Crippen LogP contribution is -2.00. The molecule has 0 bridgehead atoms. The molecule has 0 saturated heterocycles. The van der Waals surface area contributed by atoms with E-state index in [0.717, 1.165) is 33.2 Å². The minimum atomic E-state index is -0.946. The van der Waals surface area contributed by atoms with Crippen molar-refractivity contribution in [2.24, 2.45) is 0 Å². The van der Waals surface area contributed by atoms with Gasteiger partial charge < -0.3 is 20.4 Å². The van der Waals surface area contributed by atoms with Crippen LogP contribution in [0.3, 0.4) is 0 Å². The Morgan fingerprint density at radius 2 is 2.08 bits per heavy atom. The maximum Gasteiger partial charge on any atom is 0.335 e. The molecular weight excluding hydrogens is 318 g/mol. The average molecular weight is 335 g/mol. The molecule has 0 saturated carbocycles. The number of aromatic nitrogens is 4. The molecule has 0 amide bonds. The van der Waals surface area contributed by atoms with E-state index in [4.69, 9.17) is 10.8 Å². The van der Waals surface area contributed by atoms with Gasteiger partial charge >= 0.3 is 5.97 Å².